The summed E-state index contributed by atoms with van der Waals surface area (Å²) in [4.78, 5) is 24.8. The molecule has 0 unspecified atom stereocenters. The van der Waals surface area contributed by atoms with Gasteiger partial charge in [0, 0.05) is 22.9 Å². The van der Waals surface area contributed by atoms with Gasteiger partial charge in [0.25, 0.3) is 21.8 Å². The average molecular weight is 468 g/mol. The molecule has 2 amide bonds. The molecule has 1 aliphatic rings. The first-order valence-electron chi connectivity index (χ1n) is 10.3. The van der Waals surface area contributed by atoms with Crippen molar-refractivity contribution in [2.45, 2.75) is 30.7 Å². The van der Waals surface area contributed by atoms with Crippen LogP contribution in [0.5, 0.6) is 0 Å². The maximum Gasteiger partial charge on any atom is 0.262 e. The van der Waals surface area contributed by atoms with Crippen molar-refractivity contribution in [3.05, 3.63) is 89.2 Å². The molecule has 4 rings (SSSR count). The Hall–Kier alpha value is -3.72. The molecule has 3 aromatic carbocycles. The van der Waals surface area contributed by atoms with Crippen LogP contribution in [0.3, 0.4) is 0 Å². The molecule has 33 heavy (non-hydrogen) atoms. The topological polar surface area (TPSA) is 104 Å². The fourth-order valence-corrected chi connectivity index (χ4v) is 4.25. The Bertz CT molecular complexity index is 1320. The molecule has 0 aromatic heterocycles. The highest BCUT2D eigenvalue weighted by atomic mass is 32.2. The minimum atomic E-state index is -4.12. The van der Waals surface area contributed by atoms with Crippen LogP contribution in [0.1, 0.15) is 39.1 Å². The molecular weight excluding hydrogens is 445 g/mol. The Balaban J connectivity index is 1.50. The van der Waals surface area contributed by atoms with E-state index in [0.29, 0.717) is 16.8 Å². The Morgan fingerprint density at radius 1 is 0.939 bits per heavy atom. The largest absolute Gasteiger partial charge is 0.349 e. The smallest absolute Gasteiger partial charge is 0.262 e. The van der Waals surface area contributed by atoms with Gasteiger partial charge in [-0.3, -0.25) is 14.3 Å². The lowest BCUT2D eigenvalue weighted by atomic mass is 10.1. The van der Waals surface area contributed by atoms with Crippen molar-refractivity contribution in [1.82, 2.24) is 5.32 Å². The summed E-state index contributed by atoms with van der Waals surface area (Å²) in [6.07, 6.45) is 1.98. The summed E-state index contributed by atoms with van der Waals surface area (Å²) in [7, 11) is -4.12. The fraction of sp³-hybridized carbons (Fsp3) is 0.167. The first-order chi connectivity index (χ1) is 15.7. The van der Waals surface area contributed by atoms with Gasteiger partial charge < -0.3 is 10.6 Å². The third-order valence-electron chi connectivity index (χ3n) is 5.20. The van der Waals surface area contributed by atoms with Gasteiger partial charge in [-0.05, 0) is 73.9 Å². The number of rotatable bonds is 7. The predicted molar refractivity (Wildman–Crippen MR) is 123 cm³/mol. The van der Waals surface area contributed by atoms with E-state index in [1.807, 2.05) is 0 Å². The third kappa shape index (κ3) is 5.38. The van der Waals surface area contributed by atoms with Gasteiger partial charge in [0.15, 0.2) is 0 Å². The van der Waals surface area contributed by atoms with Crippen molar-refractivity contribution in [3.8, 4) is 0 Å². The van der Waals surface area contributed by atoms with Gasteiger partial charge in [0.2, 0.25) is 0 Å². The van der Waals surface area contributed by atoms with Gasteiger partial charge in [0.05, 0.1) is 10.6 Å². The van der Waals surface area contributed by atoms with Crippen molar-refractivity contribution < 1.29 is 22.4 Å². The van der Waals surface area contributed by atoms with Gasteiger partial charge in [-0.25, -0.2) is 12.8 Å². The lowest BCUT2D eigenvalue weighted by Crippen LogP contribution is -2.25. The van der Waals surface area contributed by atoms with E-state index >= 15 is 0 Å². The second kappa shape index (κ2) is 9.03. The molecule has 9 heteroatoms. The van der Waals surface area contributed by atoms with E-state index in [9.17, 15) is 22.4 Å². The van der Waals surface area contributed by atoms with Crippen molar-refractivity contribution in [2.24, 2.45) is 0 Å². The summed E-state index contributed by atoms with van der Waals surface area (Å²) in [6.45, 7) is 1.68. The Morgan fingerprint density at radius 3 is 2.30 bits per heavy atom. The van der Waals surface area contributed by atoms with E-state index in [-0.39, 0.29) is 28.1 Å². The highest BCUT2D eigenvalue weighted by Crippen LogP contribution is 2.23. The SMILES string of the molecule is Cc1ccc(S(=O)(=O)Nc2ccccc2F)cc1C(=O)Nc1ccc(C(=O)NC2CC2)cc1. The molecule has 0 spiro atoms. The monoisotopic (exact) mass is 467 g/mol. The maximum atomic E-state index is 13.9. The predicted octanol–water partition coefficient (Wildman–Crippen LogP) is 4.08. The summed E-state index contributed by atoms with van der Waals surface area (Å²) in [5, 5.41) is 5.60. The molecule has 7 nitrogen and oxygen atoms in total. The standard InChI is InChI=1S/C24H22FN3O4S/c1-15-6-13-19(33(31,32)28-22-5-3-2-4-21(22)25)14-20(15)24(30)27-17-9-7-16(8-10-17)23(29)26-18-11-12-18/h2-10,13-14,18,28H,11-12H2,1H3,(H,26,29)(H,27,30). The molecule has 3 aromatic rings. The van der Waals surface area contributed by atoms with E-state index < -0.39 is 21.7 Å². The number of aryl methyl sites for hydroxylation is 1. The number of benzene rings is 3. The molecule has 1 fully saturated rings. The van der Waals surface area contributed by atoms with Crippen LogP contribution >= 0.6 is 0 Å². The minimum Gasteiger partial charge on any atom is -0.349 e. The van der Waals surface area contributed by atoms with E-state index in [4.69, 9.17) is 0 Å². The number of hydrogen-bond acceptors (Lipinski definition) is 4. The zero-order chi connectivity index (χ0) is 23.6. The van der Waals surface area contributed by atoms with Crippen molar-refractivity contribution >= 4 is 33.2 Å². The molecule has 0 heterocycles. The van der Waals surface area contributed by atoms with Crippen LogP contribution in [0, 0.1) is 12.7 Å². The van der Waals surface area contributed by atoms with Gasteiger partial charge in [-0.1, -0.05) is 18.2 Å². The number of para-hydroxylation sites is 1. The number of nitrogens with one attached hydrogen (secondary N) is 3. The van der Waals surface area contributed by atoms with Gasteiger partial charge in [-0.2, -0.15) is 0 Å². The van der Waals surface area contributed by atoms with Crippen molar-refractivity contribution in [1.29, 1.82) is 0 Å². The molecule has 0 radical (unpaired) electrons. The first-order valence-corrected chi connectivity index (χ1v) is 11.8. The second-order valence-electron chi connectivity index (χ2n) is 7.84. The lowest BCUT2D eigenvalue weighted by Gasteiger charge is -2.12. The number of sulfonamides is 1. The van der Waals surface area contributed by atoms with Crippen LogP contribution in [0.2, 0.25) is 0 Å². The molecule has 170 valence electrons. The van der Waals surface area contributed by atoms with Crippen molar-refractivity contribution in [2.75, 3.05) is 10.0 Å². The van der Waals surface area contributed by atoms with Gasteiger partial charge in [-0.15, -0.1) is 0 Å². The molecule has 0 aliphatic heterocycles. The van der Waals surface area contributed by atoms with Crippen LogP contribution in [0.4, 0.5) is 15.8 Å². The van der Waals surface area contributed by atoms with Crippen LogP contribution in [-0.2, 0) is 10.0 Å². The number of halogens is 1. The molecule has 1 saturated carbocycles. The summed E-state index contributed by atoms with van der Waals surface area (Å²) in [5.74, 6) is -1.38. The summed E-state index contributed by atoms with van der Waals surface area (Å²) >= 11 is 0. The summed E-state index contributed by atoms with van der Waals surface area (Å²) in [5.41, 5.74) is 1.48. The zero-order valence-corrected chi connectivity index (χ0v) is 18.6. The van der Waals surface area contributed by atoms with Crippen molar-refractivity contribution in [3.63, 3.8) is 0 Å². The van der Waals surface area contributed by atoms with Gasteiger partial charge >= 0.3 is 0 Å². The molecular formula is C24H22FN3O4S. The first kappa shape index (κ1) is 22.5. The average Bonchev–Trinajstić information content (AvgIpc) is 3.60. The number of amides is 2. The summed E-state index contributed by atoms with van der Waals surface area (Å²) in [6, 6.07) is 16.2. The van der Waals surface area contributed by atoms with E-state index in [0.717, 1.165) is 18.9 Å². The highest BCUT2D eigenvalue weighted by Gasteiger charge is 2.24. The molecule has 1 aliphatic carbocycles. The molecule has 0 atom stereocenters. The Labute approximate surface area is 191 Å². The quantitative estimate of drug-likeness (QED) is 0.487. The van der Waals surface area contributed by atoms with E-state index in [1.165, 1.54) is 36.4 Å². The van der Waals surface area contributed by atoms with Gasteiger partial charge in [0.1, 0.15) is 5.82 Å². The third-order valence-corrected chi connectivity index (χ3v) is 6.56. The number of carbonyl (C=O) groups excluding carboxylic acids is 2. The highest BCUT2D eigenvalue weighted by molar-refractivity contribution is 7.92. The van der Waals surface area contributed by atoms with E-state index in [1.54, 1.807) is 31.2 Å². The molecule has 3 N–H and O–H groups in total. The number of carbonyl (C=O) groups is 2. The number of anilines is 2. The van der Waals surface area contributed by atoms with E-state index in [2.05, 4.69) is 15.4 Å². The normalized spacial score (nSPS) is 13.3. The summed E-state index contributed by atoms with van der Waals surface area (Å²) < 4.78 is 41.5. The molecule has 0 bridgehead atoms. The molecule has 0 saturated heterocycles. The van der Waals surface area contributed by atoms with Crippen LogP contribution < -0.4 is 15.4 Å². The zero-order valence-electron chi connectivity index (χ0n) is 17.8. The van der Waals surface area contributed by atoms with Crippen LogP contribution in [-0.4, -0.2) is 26.3 Å². The van der Waals surface area contributed by atoms with Crippen LogP contribution in [0.15, 0.2) is 71.6 Å². The Kier molecular flexibility index (Phi) is 6.15. The van der Waals surface area contributed by atoms with Crippen LogP contribution in [0.25, 0.3) is 0 Å². The second-order valence-corrected chi connectivity index (χ2v) is 9.52. The number of hydrogen-bond donors (Lipinski definition) is 3. The maximum absolute atomic E-state index is 13.9. The minimum absolute atomic E-state index is 0.155. The fourth-order valence-electron chi connectivity index (χ4n) is 3.16. The lowest BCUT2D eigenvalue weighted by molar-refractivity contribution is 0.0950. The Morgan fingerprint density at radius 2 is 1.64 bits per heavy atom.